The van der Waals surface area contributed by atoms with Gasteiger partial charge in [0, 0.05) is 17.3 Å². The average molecular weight is 260 g/mol. The normalized spacial score (nSPS) is 11.3. The molecule has 0 spiro atoms. The minimum absolute atomic E-state index is 0.776. The highest BCUT2D eigenvalue weighted by Gasteiger charge is 2.13. The highest BCUT2D eigenvalue weighted by molar-refractivity contribution is 5.53. The lowest BCUT2D eigenvalue weighted by Gasteiger charge is -2.12. The Balaban J connectivity index is 2.48. The summed E-state index contributed by atoms with van der Waals surface area (Å²) in [5.41, 5.74) is 10.5. The van der Waals surface area contributed by atoms with Crippen LogP contribution in [0.5, 0.6) is 0 Å². The minimum atomic E-state index is 0.776. The van der Waals surface area contributed by atoms with Gasteiger partial charge in [0.1, 0.15) is 5.82 Å². The molecule has 0 radical (unpaired) electrons. The van der Waals surface area contributed by atoms with E-state index in [1.165, 1.54) is 24.1 Å². The number of fused-ring (bicyclic) bond motifs is 1. The van der Waals surface area contributed by atoms with Crippen molar-refractivity contribution in [3.63, 3.8) is 0 Å². The lowest BCUT2D eigenvalue weighted by molar-refractivity contribution is 0.733. The van der Waals surface area contributed by atoms with E-state index in [9.17, 15) is 0 Å². The molecule has 19 heavy (non-hydrogen) atoms. The molecule has 2 N–H and O–H groups in total. The number of nitrogens with two attached hydrogens (primary N) is 1. The van der Waals surface area contributed by atoms with Gasteiger partial charge in [0.2, 0.25) is 0 Å². The lowest BCUT2D eigenvalue weighted by Crippen LogP contribution is -2.10. The molecule has 4 heteroatoms. The number of aromatic nitrogens is 3. The molecule has 0 unspecified atom stereocenters. The zero-order chi connectivity index (χ0) is 13.8. The van der Waals surface area contributed by atoms with Crippen LogP contribution < -0.4 is 5.73 Å². The number of nitrogens with zero attached hydrogens (tertiary/aromatic N) is 3. The quantitative estimate of drug-likeness (QED) is 0.867. The van der Waals surface area contributed by atoms with Crippen LogP contribution in [-0.4, -0.2) is 14.6 Å². The van der Waals surface area contributed by atoms with E-state index < -0.39 is 0 Å². The zero-order valence-electron chi connectivity index (χ0n) is 12.2. The van der Waals surface area contributed by atoms with E-state index in [-0.39, 0.29) is 0 Å². The summed E-state index contributed by atoms with van der Waals surface area (Å²) >= 11 is 0. The highest BCUT2D eigenvalue weighted by atomic mass is 15.3. The predicted molar refractivity (Wildman–Crippen MR) is 79.4 cm³/mol. The zero-order valence-corrected chi connectivity index (χ0v) is 12.2. The molecule has 104 valence electrons. The van der Waals surface area contributed by atoms with Crippen molar-refractivity contribution in [2.75, 3.05) is 5.73 Å². The van der Waals surface area contributed by atoms with Gasteiger partial charge in [-0.1, -0.05) is 26.7 Å². The molecule has 2 heterocycles. The van der Waals surface area contributed by atoms with Crippen molar-refractivity contribution >= 4 is 11.5 Å². The number of nitrogen functional groups attached to an aromatic ring is 1. The maximum absolute atomic E-state index is 6.31. The molecule has 4 nitrogen and oxygen atoms in total. The van der Waals surface area contributed by atoms with Gasteiger partial charge >= 0.3 is 0 Å². The van der Waals surface area contributed by atoms with Gasteiger partial charge in [0.15, 0.2) is 5.65 Å². The third-order valence-corrected chi connectivity index (χ3v) is 3.50. The Bertz CT molecular complexity index is 557. The summed E-state index contributed by atoms with van der Waals surface area (Å²) in [6, 6.07) is 2.00. The van der Waals surface area contributed by atoms with Crippen LogP contribution in [0.4, 0.5) is 5.82 Å². The second kappa shape index (κ2) is 6.04. The summed E-state index contributed by atoms with van der Waals surface area (Å²) in [6.07, 6.45) is 6.68. The number of hydrogen-bond acceptors (Lipinski definition) is 3. The van der Waals surface area contributed by atoms with Crippen LogP contribution in [0.25, 0.3) is 5.65 Å². The molecule has 2 aromatic heterocycles. The topological polar surface area (TPSA) is 56.2 Å². The van der Waals surface area contributed by atoms with Gasteiger partial charge < -0.3 is 5.73 Å². The molecule has 0 saturated heterocycles. The Morgan fingerprint density at radius 2 is 1.84 bits per heavy atom. The molecule has 0 aromatic carbocycles. The van der Waals surface area contributed by atoms with Gasteiger partial charge in [-0.15, -0.1) is 0 Å². The monoisotopic (exact) mass is 260 g/mol. The first kappa shape index (κ1) is 13.8. The minimum Gasteiger partial charge on any atom is -0.383 e. The molecule has 0 amide bonds. The predicted octanol–water partition coefficient (Wildman–Crippen LogP) is 3.31. The van der Waals surface area contributed by atoms with Gasteiger partial charge in [-0.3, -0.25) is 0 Å². The SMILES string of the molecule is CCCCc1nc2cc(C)nn2c(N)c1CCCC. The van der Waals surface area contributed by atoms with Crippen molar-refractivity contribution in [3.8, 4) is 0 Å². The fourth-order valence-corrected chi connectivity index (χ4v) is 2.40. The summed E-state index contributed by atoms with van der Waals surface area (Å²) < 4.78 is 1.79. The molecular formula is C15H24N4. The van der Waals surface area contributed by atoms with Crippen LogP contribution in [0.1, 0.15) is 56.5 Å². The first-order chi connectivity index (χ1) is 9.17. The highest BCUT2D eigenvalue weighted by Crippen LogP contribution is 2.22. The smallest absolute Gasteiger partial charge is 0.157 e. The fourth-order valence-electron chi connectivity index (χ4n) is 2.40. The molecule has 0 aliphatic rings. The van der Waals surface area contributed by atoms with Crippen molar-refractivity contribution in [3.05, 3.63) is 23.0 Å². The second-order valence-corrected chi connectivity index (χ2v) is 5.19. The molecule has 0 bridgehead atoms. The molecule has 2 rings (SSSR count). The Kier molecular flexibility index (Phi) is 4.40. The fraction of sp³-hybridized carbons (Fsp3) is 0.600. The van der Waals surface area contributed by atoms with Crippen LogP contribution in [0.3, 0.4) is 0 Å². The van der Waals surface area contributed by atoms with Crippen molar-refractivity contribution < 1.29 is 0 Å². The average Bonchev–Trinajstić information content (AvgIpc) is 2.76. The number of rotatable bonds is 6. The van der Waals surface area contributed by atoms with Crippen LogP contribution >= 0.6 is 0 Å². The third kappa shape index (κ3) is 2.88. The largest absolute Gasteiger partial charge is 0.383 e. The van der Waals surface area contributed by atoms with Gasteiger partial charge in [0.05, 0.1) is 5.69 Å². The van der Waals surface area contributed by atoms with Crippen LogP contribution in [-0.2, 0) is 12.8 Å². The number of unbranched alkanes of at least 4 members (excludes halogenated alkanes) is 2. The van der Waals surface area contributed by atoms with Gasteiger partial charge in [-0.25, -0.2) is 4.98 Å². The standard InChI is InChI=1S/C15H24N4/c1-4-6-8-12-13(9-7-5-2)17-14-10-11(3)18-19(14)15(12)16/h10H,4-9,16H2,1-3H3. The first-order valence-electron chi connectivity index (χ1n) is 7.31. The van der Waals surface area contributed by atoms with Gasteiger partial charge in [0.25, 0.3) is 0 Å². The lowest BCUT2D eigenvalue weighted by atomic mass is 10.0. The van der Waals surface area contributed by atoms with E-state index in [1.807, 2.05) is 13.0 Å². The molecule has 0 fully saturated rings. The maximum atomic E-state index is 6.31. The van der Waals surface area contributed by atoms with Gasteiger partial charge in [-0.05, 0) is 32.6 Å². The molecule has 0 atom stereocenters. The molecule has 0 saturated carbocycles. The Labute approximate surface area is 115 Å². The summed E-state index contributed by atoms with van der Waals surface area (Å²) in [5, 5.41) is 4.43. The Hall–Kier alpha value is -1.58. The number of hydrogen-bond donors (Lipinski definition) is 1. The van der Waals surface area contributed by atoms with Crippen LogP contribution in [0, 0.1) is 6.92 Å². The Morgan fingerprint density at radius 3 is 2.53 bits per heavy atom. The van der Waals surface area contributed by atoms with Crippen molar-refractivity contribution in [2.24, 2.45) is 0 Å². The second-order valence-electron chi connectivity index (χ2n) is 5.19. The van der Waals surface area contributed by atoms with E-state index in [4.69, 9.17) is 10.7 Å². The number of anilines is 1. The molecule has 2 aromatic rings. The summed E-state index contributed by atoms with van der Waals surface area (Å²) in [6.45, 7) is 6.38. The first-order valence-corrected chi connectivity index (χ1v) is 7.31. The van der Waals surface area contributed by atoms with Gasteiger partial charge in [-0.2, -0.15) is 9.61 Å². The van der Waals surface area contributed by atoms with Crippen molar-refractivity contribution in [2.45, 2.75) is 59.3 Å². The summed E-state index contributed by atoms with van der Waals surface area (Å²) in [5.74, 6) is 0.776. The van der Waals surface area contributed by atoms with Crippen molar-refractivity contribution in [1.82, 2.24) is 14.6 Å². The van der Waals surface area contributed by atoms with E-state index in [0.717, 1.165) is 42.8 Å². The van der Waals surface area contributed by atoms with E-state index in [1.54, 1.807) is 4.52 Å². The molecule has 0 aliphatic carbocycles. The Morgan fingerprint density at radius 1 is 1.16 bits per heavy atom. The third-order valence-electron chi connectivity index (χ3n) is 3.50. The summed E-state index contributed by atoms with van der Waals surface area (Å²) in [7, 11) is 0. The maximum Gasteiger partial charge on any atom is 0.157 e. The molecule has 0 aliphatic heterocycles. The van der Waals surface area contributed by atoms with Crippen LogP contribution in [0.2, 0.25) is 0 Å². The van der Waals surface area contributed by atoms with E-state index in [2.05, 4.69) is 18.9 Å². The van der Waals surface area contributed by atoms with Crippen molar-refractivity contribution in [1.29, 1.82) is 0 Å². The van der Waals surface area contributed by atoms with Crippen LogP contribution in [0.15, 0.2) is 6.07 Å². The summed E-state index contributed by atoms with van der Waals surface area (Å²) in [4.78, 5) is 4.77. The van der Waals surface area contributed by atoms with E-state index in [0.29, 0.717) is 0 Å². The molecular weight excluding hydrogens is 236 g/mol. The number of aryl methyl sites for hydroxylation is 2. The van der Waals surface area contributed by atoms with E-state index >= 15 is 0 Å².